The molecule has 0 radical (unpaired) electrons. The number of hydrogen-bond donors (Lipinski definition) is 2. The number of guanidine groups is 1. The maximum Gasteiger partial charge on any atom is 0.387 e. The highest BCUT2D eigenvalue weighted by atomic mass is 19.3. The average molecular weight is 447 g/mol. The van der Waals surface area contributed by atoms with Gasteiger partial charge in [0.2, 0.25) is 0 Å². The van der Waals surface area contributed by atoms with E-state index in [9.17, 15) is 8.78 Å². The molecule has 2 heterocycles. The van der Waals surface area contributed by atoms with Crippen molar-refractivity contribution in [3.8, 4) is 5.75 Å². The molecule has 0 atom stereocenters. The van der Waals surface area contributed by atoms with Crippen LogP contribution in [0.2, 0.25) is 0 Å². The summed E-state index contributed by atoms with van der Waals surface area (Å²) in [5.74, 6) is 1.72. The molecule has 9 heteroatoms. The number of benzene rings is 1. The second-order valence-corrected chi connectivity index (χ2v) is 7.71. The van der Waals surface area contributed by atoms with Crippen LogP contribution in [0.15, 0.2) is 41.5 Å². The van der Waals surface area contributed by atoms with Crippen molar-refractivity contribution in [3.05, 3.63) is 53.2 Å². The Balaban J connectivity index is 1.51. The van der Waals surface area contributed by atoms with Gasteiger partial charge < -0.3 is 25.2 Å². The topological polar surface area (TPSA) is 65.0 Å². The van der Waals surface area contributed by atoms with Gasteiger partial charge in [0.15, 0.2) is 5.96 Å². The first-order chi connectivity index (χ1) is 15.5. The number of pyridine rings is 1. The van der Waals surface area contributed by atoms with Crippen LogP contribution < -0.4 is 20.3 Å². The van der Waals surface area contributed by atoms with Crippen molar-refractivity contribution in [2.24, 2.45) is 4.99 Å². The summed E-state index contributed by atoms with van der Waals surface area (Å²) in [5.41, 5.74) is 2.64. The molecule has 174 valence electrons. The molecule has 0 spiro atoms. The first kappa shape index (κ1) is 23.7. The maximum atomic E-state index is 12.7. The Morgan fingerprint density at radius 1 is 1.12 bits per heavy atom. The van der Waals surface area contributed by atoms with E-state index in [4.69, 9.17) is 0 Å². The molecule has 7 nitrogen and oxygen atoms in total. The fourth-order valence-electron chi connectivity index (χ4n) is 3.64. The van der Waals surface area contributed by atoms with Gasteiger partial charge in [0, 0.05) is 58.1 Å². The summed E-state index contributed by atoms with van der Waals surface area (Å²) < 4.78 is 30.0. The second-order valence-electron chi connectivity index (χ2n) is 7.71. The van der Waals surface area contributed by atoms with Gasteiger partial charge in [-0.15, -0.1) is 0 Å². The molecule has 1 aliphatic heterocycles. The molecule has 1 aliphatic rings. The Kier molecular flexibility index (Phi) is 8.61. The molecule has 1 aromatic carbocycles. The zero-order chi connectivity index (χ0) is 22.9. The van der Waals surface area contributed by atoms with E-state index in [1.54, 1.807) is 19.2 Å². The molecule has 0 unspecified atom stereocenters. The first-order valence-electron chi connectivity index (χ1n) is 10.9. The highest BCUT2D eigenvalue weighted by molar-refractivity contribution is 5.79. The summed E-state index contributed by atoms with van der Waals surface area (Å²) in [6.45, 7) is 7.29. The number of aromatic nitrogens is 1. The van der Waals surface area contributed by atoms with Crippen molar-refractivity contribution in [3.63, 3.8) is 0 Å². The van der Waals surface area contributed by atoms with Crippen LogP contribution in [-0.4, -0.2) is 62.2 Å². The van der Waals surface area contributed by atoms with Gasteiger partial charge in [-0.3, -0.25) is 4.99 Å². The Morgan fingerprint density at radius 2 is 1.88 bits per heavy atom. The number of halogens is 2. The lowest BCUT2D eigenvalue weighted by molar-refractivity contribution is -0.0504. The van der Waals surface area contributed by atoms with Crippen molar-refractivity contribution in [2.45, 2.75) is 33.5 Å². The van der Waals surface area contributed by atoms with Crippen LogP contribution >= 0.6 is 0 Å². The second kappa shape index (κ2) is 11.6. The average Bonchev–Trinajstić information content (AvgIpc) is 2.81. The Labute approximate surface area is 188 Å². The number of nitrogens with one attached hydrogen (secondary N) is 2. The van der Waals surface area contributed by atoms with Crippen LogP contribution in [0.1, 0.15) is 23.6 Å². The van der Waals surface area contributed by atoms with Crippen molar-refractivity contribution in [1.29, 1.82) is 0 Å². The van der Waals surface area contributed by atoms with Crippen LogP contribution in [0.5, 0.6) is 5.75 Å². The summed E-state index contributed by atoms with van der Waals surface area (Å²) in [6, 6.07) is 9.24. The van der Waals surface area contributed by atoms with E-state index in [0.29, 0.717) is 24.6 Å². The number of anilines is 1. The number of piperazine rings is 1. The molecule has 0 amide bonds. The summed E-state index contributed by atoms with van der Waals surface area (Å²) in [5, 5.41) is 6.38. The van der Waals surface area contributed by atoms with Crippen LogP contribution in [0.4, 0.5) is 14.6 Å². The molecule has 0 aliphatic carbocycles. The Bertz CT molecular complexity index is 883. The van der Waals surface area contributed by atoms with Crippen LogP contribution in [0, 0.1) is 6.92 Å². The highest BCUT2D eigenvalue weighted by Gasteiger charge is 2.16. The fraction of sp³-hybridized carbons (Fsp3) is 0.478. The fourth-order valence-corrected chi connectivity index (χ4v) is 3.64. The largest absolute Gasteiger partial charge is 0.434 e. The molecule has 1 aromatic heterocycles. The van der Waals surface area contributed by atoms with Gasteiger partial charge in [0.05, 0.1) is 0 Å². The predicted octanol–water partition coefficient (Wildman–Crippen LogP) is 3.00. The lowest BCUT2D eigenvalue weighted by atomic mass is 10.1. The summed E-state index contributed by atoms with van der Waals surface area (Å²) in [6.07, 6.45) is 1.87. The van der Waals surface area contributed by atoms with Crippen LogP contribution in [0.3, 0.4) is 0 Å². The molecular formula is C23H32F2N6O. The number of aryl methyl sites for hydroxylation is 1. The standard InChI is InChI=1S/C23H32F2N6O/c1-4-30-9-11-31(12-10-30)21-8-6-18(14-27-21)15-28-23(26-3)29-16-19-13-17(2)5-7-20(19)32-22(24)25/h5-8,13-14,22H,4,9-12,15-16H2,1-3H3,(H2,26,28,29). The molecule has 0 bridgehead atoms. The Hall–Kier alpha value is -2.94. The van der Waals surface area contributed by atoms with Crippen molar-refractivity contribution < 1.29 is 13.5 Å². The lowest BCUT2D eigenvalue weighted by Crippen LogP contribution is -2.46. The van der Waals surface area contributed by atoms with E-state index in [0.717, 1.165) is 49.7 Å². The van der Waals surface area contributed by atoms with E-state index in [1.807, 2.05) is 19.2 Å². The SMILES string of the molecule is CCN1CCN(c2ccc(CNC(=NC)NCc3cc(C)ccc3OC(F)F)cn2)CC1. The van der Waals surface area contributed by atoms with Gasteiger partial charge in [-0.1, -0.05) is 30.7 Å². The number of alkyl halides is 2. The minimum absolute atomic E-state index is 0.160. The van der Waals surface area contributed by atoms with Crippen molar-refractivity contribution >= 4 is 11.8 Å². The lowest BCUT2D eigenvalue weighted by Gasteiger charge is -2.34. The predicted molar refractivity (Wildman–Crippen MR) is 123 cm³/mol. The van der Waals surface area contributed by atoms with Gasteiger partial charge >= 0.3 is 6.61 Å². The summed E-state index contributed by atoms with van der Waals surface area (Å²) in [7, 11) is 1.67. The van der Waals surface area contributed by atoms with Crippen molar-refractivity contribution in [2.75, 3.05) is 44.7 Å². The van der Waals surface area contributed by atoms with Gasteiger partial charge in [-0.25, -0.2) is 4.98 Å². The van der Waals surface area contributed by atoms with Gasteiger partial charge in [0.1, 0.15) is 11.6 Å². The first-order valence-corrected chi connectivity index (χ1v) is 10.9. The van der Waals surface area contributed by atoms with E-state index < -0.39 is 6.61 Å². The van der Waals surface area contributed by atoms with E-state index >= 15 is 0 Å². The molecule has 32 heavy (non-hydrogen) atoms. The minimum atomic E-state index is -2.86. The molecule has 3 rings (SSSR count). The third-order valence-corrected chi connectivity index (χ3v) is 5.51. The number of likely N-dealkylation sites (N-methyl/N-ethyl adjacent to an activating group) is 1. The Morgan fingerprint density at radius 3 is 2.50 bits per heavy atom. The quantitative estimate of drug-likeness (QED) is 0.480. The molecule has 2 N–H and O–H groups in total. The van der Waals surface area contributed by atoms with E-state index in [-0.39, 0.29) is 5.75 Å². The minimum Gasteiger partial charge on any atom is -0.434 e. The molecular weight excluding hydrogens is 414 g/mol. The van der Waals surface area contributed by atoms with Crippen LogP contribution in [0.25, 0.3) is 0 Å². The van der Waals surface area contributed by atoms with E-state index in [1.165, 1.54) is 0 Å². The molecule has 0 saturated carbocycles. The van der Waals surface area contributed by atoms with Gasteiger partial charge in [-0.05, 0) is 31.2 Å². The summed E-state index contributed by atoms with van der Waals surface area (Å²) in [4.78, 5) is 13.6. The monoisotopic (exact) mass is 446 g/mol. The van der Waals surface area contributed by atoms with Gasteiger partial charge in [-0.2, -0.15) is 8.78 Å². The summed E-state index contributed by atoms with van der Waals surface area (Å²) >= 11 is 0. The van der Waals surface area contributed by atoms with E-state index in [2.05, 4.69) is 54.2 Å². The molecule has 1 fully saturated rings. The number of ether oxygens (including phenoxy) is 1. The number of nitrogens with zero attached hydrogens (tertiary/aromatic N) is 4. The molecule has 2 aromatic rings. The highest BCUT2D eigenvalue weighted by Crippen LogP contribution is 2.22. The third-order valence-electron chi connectivity index (χ3n) is 5.51. The smallest absolute Gasteiger partial charge is 0.387 e. The molecule has 1 saturated heterocycles. The normalized spacial score (nSPS) is 15.2. The number of aliphatic imine (C=N–C) groups is 1. The number of hydrogen-bond acceptors (Lipinski definition) is 5. The van der Waals surface area contributed by atoms with Crippen LogP contribution in [-0.2, 0) is 13.1 Å². The van der Waals surface area contributed by atoms with Crippen molar-refractivity contribution in [1.82, 2.24) is 20.5 Å². The number of rotatable bonds is 8. The third kappa shape index (κ3) is 6.78. The zero-order valence-corrected chi connectivity index (χ0v) is 18.9. The maximum absolute atomic E-state index is 12.7. The zero-order valence-electron chi connectivity index (χ0n) is 18.9. The van der Waals surface area contributed by atoms with Gasteiger partial charge in [0.25, 0.3) is 0 Å².